The molecule has 2 aromatic heterocycles. The maximum atomic E-state index is 12.9. The number of aryl methyl sites for hydroxylation is 2. The first-order valence-corrected chi connectivity index (χ1v) is 11.9. The number of H-pyrrole nitrogens is 1. The first-order chi connectivity index (χ1) is 15.1. The zero-order chi connectivity index (χ0) is 21.4. The molecule has 1 atom stereocenters. The lowest BCUT2D eigenvalue weighted by Gasteiger charge is -2.32. The standard InChI is InChI=1S/C24H27N3O3S/c1-30-17-10-8-15(9-11-17)13-20(28)27-12-4-5-16(14-27)22-25-23(29)21-18-6-2-3-7-19(18)31-24(21)26-22/h8-11,16H,2-7,12-14H2,1H3,(H,25,26,29)/t16-/m1/s1. The molecule has 3 heterocycles. The van der Waals surface area contributed by atoms with Gasteiger partial charge in [0.25, 0.3) is 5.56 Å². The van der Waals surface area contributed by atoms with Gasteiger partial charge in [-0.3, -0.25) is 9.59 Å². The summed E-state index contributed by atoms with van der Waals surface area (Å²) in [5.74, 6) is 1.71. The Balaban J connectivity index is 1.34. The largest absolute Gasteiger partial charge is 0.497 e. The average Bonchev–Trinajstić information content (AvgIpc) is 3.18. The number of hydrogen-bond acceptors (Lipinski definition) is 5. The van der Waals surface area contributed by atoms with Gasteiger partial charge in [-0.15, -0.1) is 11.3 Å². The molecule has 0 unspecified atom stereocenters. The van der Waals surface area contributed by atoms with E-state index < -0.39 is 0 Å². The fraction of sp³-hybridized carbons (Fsp3) is 0.458. The Bertz CT molecular complexity index is 1170. The molecule has 1 fully saturated rings. The van der Waals surface area contributed by atoms with Crippen molar-refractivity contribution in [3.8, 4) is 5.75 Å². The fourth-order valence-corrected chi connectivity index (χ4v) is 6.10. The molecule has 2 aliphatic rings. The summed E-state index contributed by atoms with van der Waals surface area (Å²) in [5, 5.41) is 0.798. The van der Waals surface area contributed by atoms with E-state index in [0.29, 0.717) is 13.0 Å². The molecule has 5 rings (SSSR count). The number of ether oxygens (including phenoxy) is 1. The molecule has 0 saturated carbocycles. The highest BCUT2D eigenvalue weighted by Gasteiger charge is 2.28. The number of benzene rings is 1. The van der Waals surface area contributed by atoms with Crippen molar-refractivity contribution in [2.75, 3.05) is 20.2 Å². The number of fused-ring (bicyclic) bond motifs is 3. The maximum absolute atomic E-state index is 12.9. The van der Waals surface area contributed by atoms with E-state index in [1.165, 1.54) is 16.9 Å². The number of amides is 1. The lowest BCUT2D eigenvalue weighted by Crippen LogP contribution is -2.40. The second-order valence-corrected chi connectivity index (χ2v) is 9.63. The molecule has 162 valence electrons. The smallest absolute Gasteiger partial charge is 0.259 e. The van der Waals surface area contributed by atoms with Gasteiger partial charge in [0.05, 0.1) is 18.9 Å². The van der Waals surface area contributed by atoms with Crippen molar-refractivity contribution in [1.82, 2.24) is 14.9 Å². The molecule has 1 amide bonds. The monoisotopic (exact) mass is 437 g/mol. The number of nitrogens with one attached hydrogen (secondary N) is 1. The predicted molar refractivity (Wildman–Crippen MR) is 122 cm³/mol. The van der Waals surface area contributed by atoms with Gasteiger partial charge in [-0.05, 0) is 61.8 Å². The van der Waals surface area contributed by atoms with Gasteiger partial charge >= 0.3 is 0 Å². The van der Waals surface area contributed by atoms with E-state index in [-0.39, 0.29) is 17.4 Å². The predicted octanol–water partition coefficient (Wildman–Crippen LogP) is 3.82. The Morgan fingerprint density at radius 3 is 2.84 bits per heavy atom. The minimum atomic E-state index is -0.0129. The molecule has 0 spiro atoms. The van der Waals surface area contributed by atoms with Crippen molar-refractivity contribution in [2.45, 2.75) is 50.9 Å². The highest BCUT2D eigenvalue weighted by Crippen LogP contribution is 2.34. The number of carbonyl (C=O) groups excluding carboxylic acids is 1. The van der Waals surface area contributed by atoms with Gasteiger partial charge in [0.2, 0.25) is 5.91 Å². The third-order valence-electron chi connectivity index (χ3n) is 6.52. The van der Waals surface area contributed by atoms with Crippen LogP contribution in [0.1, 0.15) is 53.4 Å². The van der Waals surface area contributed by atoms with Crippen molar-refractivity contribution in [3.05, 3.63) is 56.4 Å². The second-order valence-electron chi connectivity index (χ2n) is 8.55. The maximum Gasteiger partial charge on any atom is 0.259 e. The molecule has 3 aromatic rings. The first kappa shape index (κ1) is 20.2. The van der Waals surface area contributed by atoms with Crippen molar-refractivity contribution >= 4 is 27.5 Å². The third-order valence-corrected chi connectivity index (χ3v) is 7.70. The minimum absolute atomic E-state index is 0.0129. The Morgan fingerprint density at radius 2 is 2.03 bits per heavy atom. The van der Waals surface area contributed by atoms with Crippen molar-refractivity contribution in [1.29, 1.82) is 0 Å². The summed E-state index contributed by atoms with van der Waals surface area (Å²) >= 11 is 1.68. The summed E-state index contributed by atoms with van der Waals surface area (Å²) in [6, 6.07) is 7.63. The van der Waals surface area contributed by atoms with E-state index >= 15 is 0 Å². The van der Waals surface area contributed by atoms with Gasteiger partial charge < -0.3 is 14.6 Å². The van der Waals surface area contributed by atoms with Crippen LogP contribution in [-0.4, -0.2) is 41.0 Å². The van der Waals surface area contributed by atoms with Crippen LogP contribution in [0.25, 0.3) is 10.2 Å². The molecule has 6 nitrogen and oxygen atoms in total. The zero-order valence-electron chi connectivity index (χ0n) is 17.8. The summed E-state index contributed by atoms with van der Waals surface area (Å²) < 4.78 is 5.19. The van der Waals surface area contributed by atoms with Crippen LogP contribution in [-0.2, 0) is 24.1 Å². The van der Waals surface area contributed by atoms with Crippen LogP contribution in [0.2, 0.25) is 0 Å². The van der Waals surface area contributed by atoms with Crippen LogP contribution < -0.4 is 10.3 Å². The number of carbonyl (C=O) groups is 1. The van der Waals surface area contributed by atoms with Crippen LogP contribution in [0.3, 0.4) is 0 Å². The molecule has 1 aromatic carbocycles. The number of thiophene rings is 1. The normalized spacial score (nSPS) is 18.7. The number of rotatable bonds is 4. The molecule has 0 bridgehead atoms. The topological polar surface area (TPSA) is 75.3 Å². The Hall–Kier alpha value is -2.67. The molecule has 1 saturated heterocycles. The number of hydrogen-bond donors (Lipinski definition) is 1. The van der Waals surface area contributed by atoms with E-state index in [2.05, 4.69) is 4.98 Å². The van der Waals surface area contributed by atoms with E-state index in [4.69, 9.17) is 9.72 Å². The quantitative estimate of drug-likeness (QED) is 0.673. The van der Waals surface area contributed by atoms with Gasteiger partial charge in [0, 0.05) is 23.9 Å². The summed E-state index contributed by atoms with van der Waals surface area (Å²) in [7, 11) is 1.63. The number of methoxy groups -OCH3 is 1. The van der Waals surface area contributed by atoms with Gasteiger partial charge in [-0.1, -0.05) is 12.1 Å². The lowest BCUT2D eigenvalue weighted by atomic mass is 9.95. The lowest BCUT2D eigenvalue weighted by molar-refractivity contribution is -0.131. The summed E-state index contributed by atoms with van der Waals surface area (Å²) in [6.07, 6.45) is 6.61. The average molecular weight is 438 g/mol. The molecular formula is C24H27N3O3S. The third kappa shape index (κ3) is 3.99. The van der Waals surface area contributed by atoms with Crippen molar-refractivity contribution < 1.29 is 9.53 Å². The van der Waals surface area contributed by atoms with Crippen LogP contribution in [0.4, 0.5) is 0 Å². The molecule has 1 N–H and O–H groups in total. The zero-order valence-corrected chi connectivity index (χ0v) is 18.6. The Labute approximate surface area is 185 Å². The SMILES string of the molecule is COc1ccc(CC(=O)N2CCC[C@@H](c3nc4sc5c(c4c(=O)[nH]3)CCCC5)C2)cc1. The van der Waals surface area contributed by atoms with E-state index in [0.717, 1.165) is 66.0 Å². The number of nitrogens with zero attached hydrogens (tertiary/aromatic N) is 2. The number of piperidine rings is 1. The van der Waals surface area contributed by atoms with E-state index in [9.17, 15) is 9.59 Å². The van der Waals surface area contributed by atoms with Gasteiger partial charge in [-0.2, -0.15) is 0 Å². The van der Waals surface area contributed by atoms with Gasteiger partial charge in [0.1, 0.15) is 16.4 Å². The van der Waals surface area contributed by atoms with E-state index in [1.807, 2.05) is 29.2 Å². The fourth-order valence-electron chi connectivity index (χ4n) is 4.83. The van der Waals surface area contributed by atoms with Crippen molar-refractivity contribution in [3.63, 3.8) is 0 Å². The number of likely N-dealkylation sites (tertiary alicyclic amines) is 1. The second kappa shape index (κ2) is 8.46. The number of aromatic nitrogens is 2. The summed E-state index contributed by atoms with van der Waals surface area (Å²) in [5.41, 5.74) is 2.18. The Morgan fingerprint density at radius 1 is 1.23 bits per heavy atom. The molecule has 1 aliphatic heterocycles. The first-order valence-electron chi connectivity index (χ1n) is 11.1. The van der Waals surface area contributed by atoms with Crippen LogP contribution >= 0.6 is 11.3 Å². The van der Waals surface area contributed by atoms with Crippen LogP contribution in [0.15, 0.2) is 29.1 Å². The van der Waals surface area contributed by atoms with Crippen molar-refractivity contribution in [2.24, 2.45) is 0 Å². The molecule has 31 heavy (non-hydrogen) atoms. The van der Waals surface area contributed by atoms with E-state index in [1.54, 1.807) is 18.4 Å². The number of aromatic amines is 1. The van der Waals surface area contributed by atoms with Gasteiger partial charge in [0.15, 0.2) is 0 Å². The highest BCUT2D eigenvalue weighted by molar-refractivity contribution is 7.18. The Kier molecular flexibility index (Phi) is 5.52. The highest BCUT2D eigenvalue weighted by atomic mass is 32.1. The van der Waals surface area contributed by atoms with Crippen LogP contribution in [0, 0.1) is 0 Å². The van der Waals surface area contributed by atoms with Gasteiger partial charge in [-0.25, -0.2) is 4.98 Å². The summed E-state index contributed by atoms with van der Waals surface area (Å²) in [6.45, 7) is 1.36. The molecule has 7 heteroatoms. The minimum Gasteiger partial charge on any atom is -0.497 e. The molecule has 0 radical (unpaired) electrons. The van der Waals surface area contributed by atoms with Crippen LogP contribution in [0.5, 0.6) is 5.75 Å². The molecular weight excluding hydrogens is 410 g/mol. The molecule has 1 aliphatic carbocycles. The summed E-state index contributed by atoms with van der Waals surface area (Å²) in [4.78, 5) is 37.9.